The van der Waals surface area contributed by atoms with Crippen LogP contribution >= 0.6 is 0 Å². The van der Waals surface area contributed by atoms with Crippen LogP contribution in [0.3, 0.4) is 0 Å². The number of carbonyl (C=O) groups excluding carboxylic acids is 2. The fraction of sp³-hybridized carbons (Fsp3) is 0.275. The minimum Gasteiger partial charge on any atom is -0.478 e. The number of esters is 2. The maximum Gasteiger partial charge on any atom is 0.336 e. The summed E-state index contributed by atoms with van der Waals surface area (Å²) in [6.45, 7) is 4.82. The second-order valence-electron chi connectivity index (χ2n) is 10.6. The van der Waals surface area contributed by atoms with Gasteiger partial charge < -0.3 is 14.6 Å². The smallest absolute Gasteiger partial charge is 0.336 e. The van der Waals surface area contributed by atoms with Gasteiger partial charge in [0.2, 0.25) is 0 Å². The minimum absolute atomic E-state index is 0.169. The van der Waals surface area contributed by atoms with Gasteiger partial charge in [0.25, 0.3) is 0 Å². The molecule has 0 unspecified atom stereocenters. The molecule has 1 N–H and O–H groups in total. The number of rotatable bonds is 19. The van der Waals surface area contributed by atoms with Crippen molar-refractivity contribution in [3.63, 3.8) is 0 Å². The van der Waals surface area contributed by atoms with Crippen LogP contribution in [0.15, 0.2) is 109 Å². The lowest BCUT2D eigenvalue weighted by atomic mass is 10.0. The minimum atomic E-state index is -1.03. The number of hydrogen-bond acceptors (Lipinski definition) is 5. The summed E-state index contributed by atoms with van der Waals surface area (Å²) in [4.78, 5) is 34.7. The topological polar surface area (TPSA) is 89.9 Å². The van der Waals surface area contributed by atoms with Crippen LogP contribution in [0.2, 0.25) is 0 Å². The summed E-state index contributed by atoms with van der Waals surface area (Å²) < 4.78 is 10.3. The molecule has 0 aliphatic heterocycles. The number of carboxylic acids is 1. The monoisotopic (exact) mass is 622 g/mol. The van der Waals surface area contributed by atoms with Crippen molar-refractivity contribution in [3.05, 3.63) is 126 Å². The fourth-order valence-corrected chi connectivity index (χ4v) is 4.39. The molecule has 0 aliphatic carbocycles. The van der Waals surface area contributed by atoms with Gasteiger partial charge in [0.05, 0.1) is 5.57 Å². The molecule has 0 saturated carbocycles. The second kappa shape index (κ2) is 22.5. The van der Waals surface area contributed by atoms with E-state index in [0.717, 1.165) is 12.0 Å². The molecule has 0 bridgehead atoms. The molecule has 0 spiro atoms. The summed E-state index contributed by atoms with van der Waals surface area (Å²) >= 11 is 0. The standard InChI is InChI=1S/C40H46O6/c1-4-5-6-7-8-9-10-11-12-13-14-15-16-17-18-19-20-21-22-39(40(43)44)36-27-25-34(26-28-36)23-24-35-29-37(45-32(2)41)31-38(30-35)46-33(3)42/h12-31H,4-11H2,1-3H3,(H,43,44)/b13-12+,15-14+,17-16+,19-18+,21-20+,24-23+,39-22+. The lowest BCUT2D eigenvalue weighted by molar-refractivity contribution is -0.132. The third-order valence-corrected chi connectivity index (χ3v) is 6.61. The fourth-order valence-electron chi connectivity index (χ4n) is 4.39. The Morgan fingerprint density at radius 2 is 1.13 bits per heavy atom. The Morgan fingerprint density at radius 1 is 0.630 bits per heavy atom. The maximum absolute atomic E-state index is 11.9. The van der Waals surface area contributed by atoms with Gasteiger partial charge in [0.1, 0.15) is 11.5 Å². The molecule has 2 aromatic carbocycles. The van der Waals surface area contributed by atoms with Crippen molar-refractivity contribution in [2.24, 2.45) is 0 Å². The summed E-state index contributed by atoms with van der Waals surface area (Å²) in [5, 5.41) is 9.74. The van der Waals surface area contributed by atoms with Gasteiger partial charge in [-0.25, -0.2) is 4.79 Å². The molecule has 0 saturated heterocycles. The molecular formula is C40H46O6. The Balaban J connectivity index is 1.89. The Hall–Kier alpha value is -4.97. The number of aliphatic carboxylic acids is 1. The lowest BCUT2D eigenvalue weighted by Gasteiger charge is -2.07. The van der Waals surface area contributed by atoms with Crippen LogP contribution in [0.25, 0.3) is 17.7 Å². The highest BCUT2D eigenvalue weighted by atomic mass is 16.5. The number of carbonyl (C=O) groups is 3. The van der Waals surface area contributed by atoms with Crippen LogP contribution in [-0.2, 0) is 14.4 Å². The van der Waals surface area contributed by atoms with Gasteiger partial charge in [0.15, 0.2) is 0 Å². The quantitative estimate of drug-likeness (QED) is 0.0419. The van der Waals surface area contributed by atoms with E-state index in [4.69, 9.17) is 9.47 Å². The van der Waals surface area contributed by atoms with Crippen LogP contribution < -0.4 is 9.47 Å². The summed E-state index contributed by atoms with van der Waals surface area (Å²) in [5.41, 5.74) is 2.21. The summed E-state index contributed by atoms with van der Waals surface area (Å²) in [6.07, 6.45) is 34.9. The highest BCUT2D eigenvalue weighted by Crippen LogP contribution is 2.25. The van der Waals surface area contributed by atoms with Crippen LogP contribution in [-0.4, -0.2) is 23.0 Å². The molecule has 242 valence electrons. The molecule has 0 atom stereocenters. The first-order valence-electron chi connectivity index (χ1n) is 15.9. The van der Waals surface area contributed by atoms with E-state index >= 15 is 0 Å². The maximum atomic E-state index is 11.9. The highest BCUT2D eigenvalue weighted by Gasteiger charge is 2.09. The molecule has 2 rings (SSSR count). The molecule has 6 nitrogen and oxygen atoms in total. The Bertz CT molecular complexity index is 1430. The third kappa shape index (κ3) is 16.8. The van der Waals surface area contributed by atoms with Crippen molar-refractivity contribution in [1.82, 2.24) is 0 Å². The molecular weight excluding hydrogens is 576 g/mol. The number of hydrogen-bond donors (Lipinski definition) is 1. The SMILES string of the molecule is CCCCCCCCC/C=C/C=C/C=C/C=C/C=C/C=C(/C(=O)O)c1ccc(/C=C/c2cc(OC(C)=O)cc(OC(C)=O)c2)cc1. The zero-order valence-corrected chi connectivity index (χ0v) is 27.2. The van der Waals surface area contributed by atoms with E-state index < -0.39 is 17.9 Å². The average Bonchev–Trinajstić information content (AvgIpc) is 3.00. The number of unbranched alkanes of at least 4 members (excludes halogenated alkanes) is 7. The average molecular weight is 623 g/mol. The van der Waals surface area contributed by atoms with Crippen molar-refractivity contribution in [3.8, 4) is 11.5 Å². The van der Waals surface area contributed by atoms with E-state index in [0.29, 0.717) is 11.1 Å². The molecule has 0 aromatic heterocycles. The first-order chi connectivity index (χ1) is 22.3. The number of carboxylic acid groups (broad SMARTS) is 1. The zero-order valence-electron chi connectivity index (χ0n) is 27.2. The van der Waals surface area contributed by atoms with Gasteiger partial charge in [-0.2, -0.15) is 0 Å². The van der Waals surface area contributed by atoms with Crippen LogP contribution in [0, 0.1) is 0 Å². The molecule has 0 fully saturated rings. The van der Waals surface area contributed by atoms with Crippen LogP contribution in [0.5, 0.6) is 11.5 Å². The van der Waals surface area contributed by atoms with Crippen molar-refractivity contribution in [2.45, 2.75) is 72.1 Å². The van der Waals surface area contributed by atoms with Crippen LogP contribution in [0.1, 0.15) is 88.8 Å². The van der Waals surface area contributed by atoms with Gasteiger partial charge in [0, 0.05) is 19.9 Å². The van der Waals surface area contributed by atoms with E-state index in [1.54, 1.807) is 60.7 Å². The van der Waals surface area contributed by atoms with Gasteiger partial charge in [-0.15, -0.1) is 0 Å². The van der Waals surface area contributed by atoms with Gasteiger partial charge >= 0.3 is 17.9 Å². The largest absolute Gasteiger partial charge is 0.478 e. The summed E-state index contributed by atoms with van der Waals surface area (Å²) in [6, 6.07) is 11.8. The normalized spacial score (nSPS) is 12.5. The van der Waals surface area contributed by atoms with E-state index in [1.807, 2.05) is 42.5 Å². The number of ether oxygens (including phenoxy) is 2. The predicted molar refractivity (Wildman–Crippen MR) is 188 cm³/mol. The third-order valence-electron chi connectivity index (χ3n) is 6.61. The Kier molecular flexibility index (Phi) is 18.2. The van der Waals surface area contributed by atoms with Gasteiger partial charge in [-0.1, -0.05) is 143 Å². The second-order valence-corrected chi connectivity index (χ2v) is 10.6. The van der Waals surface area contributed by atoms with E-state index in [9.17, 15) is 19.5 Å². The van der Waals surface area contributed by atoms with E-state index in [-0.39, 0.29) is 17.1 Å². The number of benzene rings is 2. The highest BCUT2D eigenvalue weighted by molar-refractivity contribution is 6.15. The first kappa shape index (κ1) is 37.2. The van der Waals surface area contributed by atoms with Crippen molar-refractivity contribution < 1.29 is 29.0 Å². The molecule has 0 heterocycles. The molecule has 0 radical (unpaired) electrons. The van der Waals surface area contributed by atoms with E-state index in [2.05, 4.69) is 19.1 Å². The van der Waals surface area contributed by atoms with Crippen molar-refractivity contribution in [1.29, 1.82) is 0 Å². The summed E-state index contributed by atoms with van der Waals surface area (Å²) in [7, 11) is 0. The molecule has 6 heteroatoms. The van der Waals surface area contributed by atoms with E-state index in [1.165, 1.54) is 64.9 Å². The molecule has 0 aliphatic rings. The Labute approximate surface area is 273 Å². The molecule has 2 aromatic rings. The van der Waals surface area contributed by atoms with Crippen molar-refractivity contribution >= 4 is 35.6 Å². The Morgan fingerprint density at radius 3 is 1.67 bits per heavy atom. The lowest BCUT2D eigenvalue weighted by Crippen LogP contribution is -2.04. The number of allylic oxidation sites excluding steroid dienone is 11. The summed E-state index contributed by atoms with van der Waals surface area (Å²) in [5.74, 6) is -1.50. The molecule has 46 heavy (non-hydrogen) atoms. The van der Waals surface area contributed by atoms with Crippen LogP contribution in [0.4, 0.5) is 0 Å². The van der Waals surface area contributed by atoms with Gasteiger partial charge in [-0.3, -0.25) is 9.59 Å². The first-order valence-corrected chi connectivity index (χ1v) is 15.9. The zero-order chi connectivity index (χ0) is 33.4. The van der Waals surface area contributed by atoms with Gasteiger partial charge in [-0.05, 0) is 47.7 Å². The molecule has 0 amide bonds. The predicted octanol–water partition coefficient (Wildman–Crippen LogP) is 10.1. The van der Waals surface area contributed by atoms with Crippen molar-refractivity contribution in [2.75, 3.05) is 0 Å².